The standard InChI is InChI=1S/C9H11ClO/c1-11-7-9-4-2-3-8(5-9)6-10/h2-5H,6-7H2,1H3. The molecule has 11 heavy (non-hydrogen) atoms. The molecule has 0 heterocycles. The largest absolute Gasteiger partial charge is 0.380 e. The Balaban J connectivity index is 2.74. The van der Waals surface area contributed by atoms with Crippen molar-refractivity contribution in [2.24, 2.45) is 0 Å². The molecule has 0 saturated carbocycles. The van der Waals surface area contributed by atoms with Crippen LogP contribution in [0.15, 0.2) is 24.3 Å². The van der Waals surface area contributed by atoms with Crippen LogP contribution in [0.2, 0.25) is 0 Å². The summed E-state index contributed by atoms with van der Waals surface area (Å²) in [6.07, 6.45) is 0. The molecule has 0 aliphatic rings. The fraction of sp³-hybridized carbons (Fsp3) is 0.333. The van der Waals surface area contributed by atoms with Gasteiger partial charge >= 0.3 is 0 Å². The fourth-order valence-electron chi connectivity index (χ4n) is 0.969. The second-order valence-corrected chi connectivity index (χ2v) is 2.65. The molecule has 0 radical (unpaired) electrons. The van der Waals surface area contributed by atoms with Crippen LogP contribution in [0.25, 0.3) is 0 Å². The Bertz CT molecular complexity index is 223. The van der Waals surface area contributed by atoms with Crippen LogP contribution in [0.1, 0.15) is 11.1 Å². The average molecular weight is 171 g/mol. The highest BCUT2D eigenvalue weighted by Gasteiger charge is 1.92. The summed E-state index contributed by atoms with van der Waals surface area (Å²) in [5.41, 5.74) is 2.31. The van der Waals surface area contributed by atoms with Gasteiger partial charge in [0, 0.05) is 13.0 Å². The number of benzene rings is 1. The second kappa shape index (κ2) is 4.37. The minimum Gasteiger partial charge on any atom is -0.380 e. The van der Waals surface area contributed by atoms with E-state index >= 15 is 0 Å². The highest BCUT2D eigenvalue weighted by atomic mass is 35.5. The summed E-state index contributed by atoms with van der Waals surface area (Å²) in [4.78, 5) is 0. The van der Waals surface area contributed by atoms with Gasteiger partial charge in [-0.15, -0.1) is 11.6 Å². The van der Waals surface area contributed by atoms with Gasteiger partial charge in [-0.2, -0.15) is 0 Å². The first-order valence-electron chi connectivity index (χ1n) is 3.49. The Morgan fingerprint density at radius 2 is 2.09 bits per heavy atom. The average Bonchev–Trinajstić information content (AvgIpc) is 2.06. The second-order valence-electron chi connectivity index (χ2n) is 2.39. The molecule has 0 unspecified atom stereocenters. The van der Waals surface area contributed by atoms with Gasteiger partial charge in [-0.3, -0.25) is 0 Å². The van der Waals surface area contributed by atoms with E-state index in [1.165, 1.54) is 5.56 Å². The Morgan fingerprint density at radius 3 is 2.73 bits per heavy atom. The molecule has 0 spiro atoms. The molecule has 0 aliphatic heterocycles. The zero-order valence-corrected chi connectivity index (χ0v) is 7.27. The summed E-state index contributed by atoms with van der Waals surface area (Å²) in [5, 5.41) is 0. The molecule has 0 bridgehead atoms. The third-order valence-corrected chi connectivity index (χ3v) is 1.77. The highest BCUT2D eigenvalue weighted by molar-refractivity contribution is 6.17. The minimum absolute atomic E-state index is 0.567. The lowest BCUT2D eigenvalue weighted by atomic mass is 10.1. The summed E-state index contributed by atoms with van der Waals surface area (Å²) in [6, 6.07) is 8.08. The van der Waals surface area contributed by atoms with Crippen molar-refractivity contribution < 1.29 is 4.74 Å². The first-order chi connectivity index (χ1) is 5.36. The van der Waals surface area contributed by atoms with Gasteiger partial charge in [0.1, 0.15) is 0 Å². The van der Waals surface area contributed by atoms with E-state index in [4.69, 9.17) is 16.3 Å². The van der Waals surface area contributed by atoms with Crippen molar-refractivity contribution in [1.82, 2.24) is 0 Å². The minimum atomic E-state index is 0.567. The topological polar surface area (TPSA) is 9.23 Å². The van der Waals surface area contributed by atoms with Crippen molar-refractivity contribution >= 4 is 11.6 Å². The summed E-state index contributed by atoms with van der Waals surface area (Å²) in [7, 11) is 1.69. The van der Waals surface area contributed by atoms with E-state index in [0.29, 0.717) is 12.5 Å². The van der Waals surface area contributed by atoms with Crippen LogP contribution < -0.4 is 0 Å². The SMILES string of the molecule is COCc1cccc(CCl)c1. The molecule has 2 heteroatoms. The van der Waals surface area contributed by atoms with Gasteiger partial charge < -0.3 is 4.74 Å². The van der Waals surface area contributed by atoms with Crippen molar-refractivity contribution in [2.45, 2.75) is 12.5 Å². The lowest BCUT2D eigenvalue weighted by molar-refractivity contribution is 0.185. The van der Waals surface area contributed by atoms with Gasteiger partial charge in [-0.1, -0.05) is 24.3 Å². The molecule has 1 aromatic rings. The third kappa shape index (κ3) is 2.52. The maximum absolute atomic E-state index is 5.66. The van der Waals surface area contributed by atoms with Gasteiger partial charge in [0.25, 0.3) is 0 Å². The molecular formula is C9H11ClO. The van der Waals surface area contributed by atoms with Crippen LogP contribution in [-0.2, 0) is 17.2 Å². The summed E-state index contributed by atoms with van der Waals surface area (Å²) in [5.74, 6) is 0.567. The van der Waals surface area contributed by atoms with Crippen molar-refractivity contribution in [3.63, 3.8) is 0 Å². The Kier molecular flexibility index (Phi) is 3.40. The molecular weight excluding hydrogens is 160 g/mol. The Hall–Kier alpha value is -0.530. The molecule has 1 aromatic carbocycles. The van der Waals surface area contributed by atoms with Crippen molar-refractivity contribution in [3.05, 3.63) is 35.4 Å². The number of methoxy groups -OCH3 is 1. The monoisotopic (exact) mass is 170 g/mol. The fourth-order valence-corrected chi connectivity index (χ4v) is 1.14. The molecule has 0 atom stereocenters. The number of rotatable bonds is 3. The normalized spacial score (nSPS) is 10.0. The molecule has 1 rings (SSSR count). The summed E-state index contributed by atoms with van der Waals surface area (Å²) >= 11 is 5.66. The molecule has 0 amide bonds. The van der Waals surface area contributed by atoms with Gasteiger partial charge in [0.2, 0.25) is 0 Å². The molecule has 0 aliphatic carbocycles. The molecule has 0 N–H and O–H groups in total. The number of alkyl halides is 1. The number of hydrogen-bond donors (Lipinski definition) is 0. The van der Waals surface area contributed by atoms with Gasteiger partial charge in [0.15, 0.2) is 0 Å². The van der Waals surface area contributed by atoms with Gasteiger partial charge in [0.05, 0.1) is 6.61 Å². The summed E-state index contributed by atoms with van der Waals surface area (Å²) < 4.78 is 4.98. The molecule has 60 valence electrons. The smallest absolute Gasteiger partial charge is 0.0713 e. The van der Waals surface area contributed by atoms with Crippen molar-refractivity contribution in [2.75, 3.05) is 7.11 Å². The quantitative estimate of drug-likeness (QED) is 0.634. The van der Waals surface area contributed by atoms with Crippen molar-refractivity contribution in [3.8, 4) is 0 Å². The molecule has 0 aromatic heterocycles. The number of hydrogen-bond acceptors (Lipinski definition) is 1. The lowest BCUT2D eigenvalue weighted by Gasteiger charge is -2.00. The Labute approximate surface area is 71.9 Å². The zero-order chi connectivity index (χ0) is 8.10. The van der Waals surface area contributed by atoms with Gasteiger partial charge in [-0.25, -0.2) is 0 Å². The van der Waals surface area contributed by atoms with Crippen LogP contribution in [0.5, 0.6) is 0 Å². The van der Waals surface area contributed by atoms with Crippen LogP contribution in [0.4, 0.5) is 0 Å². The van der Waals surface area contributed by atoms with Crippen molar-refractivity contribution in [1.29, 1.82) is 0 Å². The van der Waals surface area contributed by atoms with E-state index in [1.807, 2.05) is 18.2 Å². The predicted molar refractivity (Wildman–Crippen MR) is 46.7 cm³/mol. The van der Waals surface area contributed by atoms with E-state index in [9.17, 15) is 0 Å². The first-order valence-corrected chi connectivity index (χ1v) is 4.03. The lowest BCUT2D eigenvalue weighted by Crippen LogP contribution is -1.88. The Morgan fingerprint density at radius 1 is 1.36 bits per heavy atom. The summed E-state index contributed by atoms with van der Waals surface area (Å²) in [6.45, 7) is 0.657. The van der Waals surface area contributed by atoms with E-state index in [-0.39, 0.29) is 0 Å². The maximum atomic E-state index is 5.66. The van der Waals surface area contributed by atoms with Gasteiger partial charge in [-0.05, 0) is 11.1 Å². The highest BCUT2D eigenvalue weighted by Crippen LogP contribution is 2.08. The van der Waals surface area contributed by atoms with Crippen LogP contribution in [-0.4, -0.2) is 7.11 Å². The maximum Gasteiger partial charge on any atom is 0.0713 e. The zero-order valence-electron chi connectivity index (χ0n) is 6.51. The molecule has 1 nitrogen and oxygen atoms in total. The predicted octanol–water partition coefficient (Wildman–Crippen LogP) is 2.57. The van der Waals surface area contributed by atoms with E-state index < -0.39 is 0 Å². The van der Waals surface area contributed by atoms with Crippen LogP contribution >= 0.6 is 11.6 Å². The van der Waals surface area contributed by atoms with E-state index in [1.54, 1.807) is 7.11 Å². The first kappa shape index (κ1) is 8.57. The third-order valence-electron chi connectivity index (χ3n) is 1.46. The van der Waals surface area contributed by atoms with Crippen LogP contribution in [0.3, 0.4) is 0 Å². The number of halogens is 1. The van der Waals surface area contributed by atoms with Crippen LogP contribution in [0, 0.1) is 0 Å². The van der Waals surface area contributed by atoms with E-state index in [2.05, 4.69) is 6.07 Å². The molecule has 0 fully saturated rings. The number of ether oxygens (including phenoxy) is 1. The molecule has 0 saturated heterocycles. The van der Waals surface area contributed by atoms with E-state index in [0.717, 1.165) is 5.56 Å².